The predicted molar refractivity (Wildman–Crippen MR) is 102 cm³/mol. The Hall–Kier alpha value is -2.15. The molecule has 26 heavy (non-hydrogen) atoms. The van der Waals surface area contributed by atoms with E-state index < -0.39 is 6.10 Å². The minimum absolute atomic E-state index is 0.0935. The first-order valence-electron chi connectivity index (χ1n) is 9.10. The van der Waals surface area contributed by atoms with E-state index in [1.54, 1.807) is 0 Å². The van der Waals surface area contributed by atoms with Crippen LogP contribution in [-0.4, -0.2) is 36.8 Å². The fraction of sp³-hybridized carbons (Fsp3) is 0.450. The summed E-state index contributed by atoms with van der Waals surface area (Å²) in [7, 11) is 0. The lowest BCUT2D eigenvalue weighted by molar-refractivity contribution is -0.121. The minimum Gasteiger partial charge on any atom is -0.491 e. The van der Waals surface area contributed by atoms with Crippen molar-refractivity contribution < 1.29 is 14.6 Å². The van der Waals surface area contributed by atoms with Crippen molar-refractivity contribution >= 4 is 5.91 Å². The summed E-state index contributed by atoms with van der Waals surface area (Å²) in [5.74, 6) is 0.688. The number of ether oxygens (including phenoxy) is 1. The topological polar surface area (TPSA) is 96.6 Å². The number of benzene rings is 1. The molecule has 0 saturated carbocycles. The number of nitrogens with one attached hydrogen (secondary N) is 2. The highest BCUT2D eigenvalue weighted by atomic mass is 16.5. The third kappa shape index (κ3) is 7.82. The molecular weight excluding hydrogens is 330 g/mol. The lowest BCUT2D eigenvalue weighted by atomic mass is 10.1. The van der Waals surface area contributed by atoms with Gasteiger partial charge >= 0.3 is 0 Å². The van der Waals surface area contributed by atoms with Gasteiger partial charge < -0.3 is 26.2 Å². The molecule has 0 aliphatic heterocycles. The third-order valence-corrected chi connectivity index (χ3v) is 4.02. The molecule has 0 bridgehead atoms. The Bertz CT molecular complexity index is 628. The molecule has 0 aromatic heterocycles. The first-order valence-corrected chi connectivity index (χ1v) is 9.10. The number of aliphatic hydroxyl groups excluding tert-OH is 1. The zero-order valence-electron chi connectivity index (χ0n) is 15.1. The van der Waals surface area contributed by atoms with E-state index in [1.807, 2.05) is 36.4 Å². The molecule has 1 aliphatic carbocycles. The SMILES string of the molecule is NCc1cccc(CNCCC(=O)NCC(O)COC2=CCCC=C2)c1. The molecule has 142 valence electrons. The Morgan fingerprint density at radius 3 is 2.92 bits per heavy atom. The number of allylic oxidation sites excluding steroid dienone is 3. The van der Waals surface area contributed by atoms with Gasteiger partial charge in [0.05, 0.1) is 0 Å². The van der Waals surface area contributed by atoms with Crippen LogP contribution in [0.5, 0.6) is 0 Å². The molecule has 0 radical (unpaired) electrons. The predicted octanol–water partition coefficient (Wildman–Crippen LogP) is 1.35. The second kappa shape index (κ2) is 11.5. The van der Waals surface area contributed by atoms with E-state index in [9.17, 15) is 9.90 Å². The molecule has 6 nitrogen and oxygen atoms in total. The number of rotatable bonds is 11. The number of carbonyl (C=O) groups is 1. The molecule has 1 aliphatic rings. The molecule has 1 atom stereocenters. The number of hydrogen-bond acceptors (Lipinski definition) is 5. The average Bonchev–Trinajstić information content (AvgIpc) is 2.69. The van der Waals surface area contributed by atoms with Gasteiger partial charge in [-0.25, -0.2) is 0 Å². The summed E-state index contributed by atoms with van der Waals surface area (Å²) < 4.78 is 5.50. The van der Waals surface area contributed by atoms with Gasteiger partial charge in [-0.3, -0.25) is 4.79 Å². The van der Waals surface area contributed by atoms with Gasteiger partial charge in [-0.15, -0.1) is 0 Å². The quantitative estimate of drug-likeness (QED) is 0.447. The molecule has 1 amide bonds. The number of nitrogens with two attached hydrogens (primary N) is 1. The molecule has 1 aromatic carbocycles. The maximum atomic E-state index is 11.8. The van der Waals surface area contributed by atoms with Crippen LogP contribution in [0.25, 0.3) is 0 Å². The summed E-state index contributed by atoms with van der Waals surface area (Å²) in [6, 6.07) is 8.06. The summed E-state index contributed by atoms with van der Waals surface area (Å²) in [4.78, 5) is 11.8. The number of amides is 1. The van der Waals surface area contributed by atoms with Gasteiger partial charge in [0.1, 0.15) is 18.5 Å². The number of hydrogen-bond donors (Lipinski definition) is 4. The molecular formula is C20H29N3O3. The molecule has 1 aromatic rings. The molecule has 0 heterocycles. The summed E-state index contributed by atoms with van der Waals surface area (Å²) in [6.45, 7) is 2.15. The highest BCUT2D eigenvalue weighted by molar-refractivity contribution is 5.76. The molecule has 6 heteroatoms. The van der Waals surface area contributed by atoms with Gasteiger partial charge in [-0.1, -0.05) is 30.3 Å². The normalized spacial score (nSPS) is 14.6. The van der Waals surface area contributed by atoms with E-state index in [4.69, 9.17) is 10.5 Å². The van der Waals surface area contributed by atoms with Gasteiger partial charge in [0.15, 0.2) is 0 Å². The third-order valence-electron chi connectivity index (χ3n) is 4.02. The first-order chi connectivity index (χ1) is 12.7. The van der Waals surface area contributed by atoms with Crippen molar-refractivity contribution in [1.29, 1.82) is 0 Å². The highest BCUT2D eigenvalue weighted by Crippen LogP contribution is 2.10. The summed E-state index contributed by atoms with van der Waals surface area (Å²) in [6.07, 6.45) is 7.58. The van der Waals surface area contributed by atoms with Crippen LogP contribution >= 0.6 is 0 Å². The molecule has 5 N–H and O–H groups in total. The Balaban J connectivity index is 1.54. The van der Waals surface area contributed by atoms with Crippen molar-refractivity contribution in [3.63, 3.8) is 0 Å². The van der Waals surface area contributed by atoms with E-state index in [0.29, 0.717) is 26.1 Å². The molecule has 0 fully saturated rings. The summed E-state index contributed by atoms with van der Waals surface area (Å²) >= 11 is 0. The molecule has 0 saturated heterocycles. The van der Waals surface area contributed by atoms with Crippen LogP contribution < -0.4 is 16.4 Å². The van der Waals surface area contributed by atoms with Crippen LogP contribution in [0.4, 0.5) is 0 Å². The van der Waals surface area contributed by atoms with Crippen molar-refractivity contribution in [2.45, 2.75) is 38.5 Å². The lowest BCUT2D eigenvalue weighted by Crippen LogP contribution is -2.35. The van der Waals surface area contributed by atoms with Crippen LogP contribution in [0.3, 0.4) is 0 Å². The smallest absolute Gasteiger partial charge is 0.221 e. The lowest BCUT2D eigenvalue weighted by Gasteiger charge is -2.15. The maximum Gasteiger partial charge on any atom is 0.221 e. The van der Waals surface area contributed by atoms with Gasteiger partial charge in [0.25, 0.3) is 0 Å². The summed E-state index contributed by atoms with van der Waals surface area (Å²) in [5.41, 5.74) is 7.87. The average molecular weight is 359 g/mol. The second-order valence-electron chi connectivity index (χ2n) is 6.31. The van der Waals surface area contributed by atoms with Gasteiger partial charge in [0, 0.05) is 32.6 Å². The van der Waals surface area contributed by atoms with Gasteiger partial charge in [-0.05, 0) is 36.1 Å². The number of aliphatic hydroxyl groups is 1. The fourth-order valence-electron chi connectivity index (χ4n) is 2.57. The van der Waals surface area contributed by atoms with Gasteiger partial charge in [-0.2, -0.15) is 0 Å². The zero-order chi connectivity index (χ0) is 18.6. The van der Waals surface area contributed by atoms with E-state index in [1.165, 1.54) is 0 Å². The van der Waals surface area contributed by atoms with E-state index >= 15 is 0 Å². The van der Waals surface area contributed by atoms with Crippen molar-refractivity contribution in [3.8, 4) is 0 Å². The standard InChI is InChI=1S/C20H29N3O3/c21-12-16-5-4-6-17(11-16)13-22-10-9-20(25)23-14-18(24)15-26-19-7-2-1-3-8-19/h2,4-8,11,18,22,24H,1,3,9-10,12-15,21H2,(H,23,25). The van der Waals surface area contributed by atoms with Crippen molar-refractivity contribution in [2.24, 2.45) is 5.73 Å². The van der Waals surface area contributed by atoms with Gasteiger partial charge in [0.2, 0.25) is 5.91 Å². The van der Waals surface area contributed by atoms with Crippen molar-refractivity contribution in [1.82, 2.24) is 10.6 Å². The summed E-state index contributed by atoms with van der Waals surface area (Å²) in [5, 5.41) is 15.8. The number of carbonyl (C=O) groups excluding carboxylic acids is 1. The van der Waals surface area contributed by atoms with Crippen LogP contribution in [0, 0.1) is 0 Å². The first kappa shape index (κ1) is 20.2. The fourth-order valence-corrected chi connectivity index (χ4v) is 2.57. The van der Waals surface area contributed by atoms with Crippen LogP contribution in [0.1, 0.15) is 30.4 Å². The van der Waals surface area contributed by atoms with E-state index in [2.05, 4.69) is 16.7 Å². The van der Waals surface area contributed by atoms with Crippen molar-refractivity contribution in [2.75, 3.05) is 19.7 Å². The largest absolute Gasteiger partial charge is 0.491 e. The van der Waals surface area contributed by atoms with Crippen LogP contribution in [-0.2, 0) is 22.6 Å². The molecule has 2 rings (SSSR count). The maximum absolute atomic E-state index is 11.8. The van der Waals surface area contributed by atoms with Crippen molar-refractivity contribution in [3.05, 3.63) is 59.4 Å². The monoisotopic (exact) mass is 359 g/mol. The van der Waals surface area contributed by atoms with E-state index in [-0.39, 0.29) is 19.1 Å². The highest BCUT2D eigenvalue weighted by Gasteiger charge is 2.09. The Morgan fingerprint density at radius 1 is 1.31 bits per heavy atom. The molecule has 0 spiro atoms. The Labute approximate surface area is 155 Å². The minimum atomic E-state index is -0.720. The molecule has 1 unspecified atom stereocenters. The van der Waals surface area contributed by atoms with E-state index in [0.717, 1.165) is 29.7 Å². The second-order valence-corrected chi connectivity index (χ2v) is 6.31. The Morgan fingerprint density at radius 2 is 2.15 bits per heavy atom. The Kier molecular flexibility index (Phi) is 8.89. The van der Waals surface area contributed by atoms with Crippen LogP contribution in [0.15, 0.2) is 48.3 Å². The van der Waals surface area contributed by atoms with Crippen LogP contribution in [0.2, 0.25) is 0 Å². The zero-order valence-corrected chi connectivity index (χ0v) is 15.1.